The highest BCUT2D eigenvalue weighted by atomic mass is 15.3. The standard InChI is InChI=1S/C24H29N5/c1-17-9-11-21(12-10-17)26-23-18(2)22(25-3)27-24(28-23)29-15-13-20(14-16-29)19-7-5-4-6-8-19/h4-12,20H,13-16H2,1-3H3,(H2,25,26,27,28). The van der Waals surface area contributed by atoms with Crippen LogP contribution < -0.4 is 15.5 Å². The van der Waals surface area contributed by atoms with E-state index in [4.69, 9.17) is 9.97 Å². The second kappa shape index (κ2) is 8.52. The van der Waals surface area contributed by atoms with Gasteiger partial charge in [-0.15, -0.1) is 0 Å². The third kappa shape index (κ3) is 4.34. The van der Waals surface area contributed by atoms with E-state index < -0.39 is 0 Å². The lowest BCUT2D eigenvalue weighted by molar-refractivity contribution is 0.499. The molecule has 1 fully saturated rings. The highest BCUT2D eigenvalue weighted by molar-refractivity contribution is 5.67. The van der Waals surface area contributed by atoms with Gasteiger partial charge in [0.05, 0.1) is 0 Å². The number of anilines is 4. The average Bonchev–Trinajstić information content (AvgIpc) is 2.77. The first kappa shape index (κ1) is 19.2. The molecule has 5 nitrogen and oxygen atoms in total. The largest absolute Gasteiger partial charge is 0.373 e. The highest BCUT2D eigenvalue weighted by Crippen LogP contribution is 2.31. The van der Waals surface area contributed by atoms with Gasteiger partial charge in [-0.05, 0) is 50.3 Å². The van der Waals surface area contributed by atoms with Crippen molar-refractivity contribution in [3.8, 4) is 0 Å². The molecule has 1 aromatic heterocycles. The van der Waals surface area contributed by atoms with Crippen molar-refractivity contribution in [1.82, 2.24) is 9.97 Å². The van der Waals surface area contributed by atoms with Crippen molar-refractivity contribution < 1.29 is 0 Å². The molecule has 0 radical (unpaired) electrons. The van der Waals surface area contributed by atoms with E-state index in [9.17, 15) is 0 Å². The molecule has 5 heteroatoms. The molecule has 29 heavy (non-hydrogen) atoms. The van der Waals surface area contributed by atoms with E-state index in [1.54, 1.807) is 0 Å². The van der Waals surface area contributed by atoms with Gasteiger partial charge in [0.15, 0.2) is 0 Å². The maximum atomic E-state index is 4.88. The van der Waals surface area contributed by atoms with Crippen LogP contribution in [0, 0.1) is 13.8 Å². The van der Waals surface area contributed by atoms with Crippen molar-refractivity contribution in [1.29, 1.82) is 0 Å². The smallest absolute Gasteiger partial charge is 0.229 e. The van der Waals surface area contributed by atoms with Crippen molar-refractivity contribution in [2.45, 2.75) is 32.6 Å². The quantitative estimate of drug-likeness (QED) is 0.625. The maximum absolute atomic E-state index is 4.88. The van der Waals surface area contributed by atoms with Crippen molar-refractivity contribution >= 4 is 23.3 Å². The van der Waals surface area contributed by atoms with Crippen LogP contribution in [0.15, 0.2) is 54.6 Å². The Morgan fingerprint density at radius 1 is 0.862 bits per heavy atom. The van der Waals surface area contributed by atoms with E-state index >= 15 is 0 Å². The van der Waals surface area contributed by atoms with Crippen LogP contribution >= 0.6 is 0 Å². The number of hydrogen-bond acceptors (Lipinski definition) is 5. The Bertz CT molecular complexity index is 945. The number of aromatic nitrogens is 2. The number of rotatable bonds is 5. The van der Waals surface area contributed by atoms with E-state index in [2.05, 4.69) is 77.1 Å². The second-order valence-corrected chi connectivity index (χ2v) is 7.76. The van der Waals surface area contributed by atoms with Gasteiger partial charge in [0.25, 0.3) is 0 Å². The molecule has 2 N–H and O–H groups in total. The third-order valence-electron chi connectivity index (χ3n) is 5.73. The van der Waals surface area contributed by atoms with Gasteiger partial charge < -0.3 is 15.5 Å². The fourth-order valence-corrected chi connectivity index (χ4v) is 3.92. The van der Waals surface area contributed by atoms with Crippen molar-refractivity contribution in [2.75, 3.05) is 35.7 Å². The molecule has 3 aromatic rings. The minimum Gasteiger partial charge on any atom is -0.373 e. The number of nitrogens with one attached hydrogen (secondary N) is 2. The number of nitrogens with zero attached hydrogens (tertiary/aromatic N) is 3. The van der Waals surface area contributed by atoms with Gasteiger partial charge in [-0.25, -0.2) is 0 Å². The lowest BCUT2D eigenvalue weighted by Gasteiger charge is -2.32. The van der Waals surface area contributed by atoms with Crippen LogP contribution in [0.3, 0.4) is 0 Å². The topological polar surface area (TPSA) is 53.1 Å². The van der Waals surface area contributed by atoms with Gasteiger partial charge in [-0.3, -0.25) is 0 Å². The summed E-state index contributed by atoms with van der Waals surface area (Å²) in [5.74, 6) is 3.14. The first-order valence-corrected chi connectivity index (χ1v) is 10.3. The zero-order valence-corrected chi connectivity index (χ0v) is 17.4. The molecule has 1 aliphatic rings. The molecule has 0 saturated carbocycles. The van der Waals surface area contributed by atoms with Crippen LogP contribution in [0.2, 0.25) is 0 Å². The molecule has 0 atom stereocenters. The molecule has 0 amide bonds. The number of aryl methyl sites for hydroxylation is 1. The molecule has 0 unspecified atom stereocenters. The fraction of sp³-hybridized carbons (Fsp3) is 0.333. The normalized spacial score (nSPS) is 14.7. The van der Waals surface area contributed by atoms with Gasteiger partial charge in [0, 0.05) is 31.4 Å². The van der Waals surface area contributed by atoms with Crippen LogP contribution in [0.25, 0.3) is 0 Å². The summed E-state index contributed by atoms with van der Waals surface area (Å²) >= 11 is 0. The number of piperidine rings is 1. The van der Waals surface area contributed by atoms with Crippen molar-refractivity contribution in [3.63, 3.8) is 0 Å². The van der Waals surface area contributed by atoms with Gasteiger partial charge >= 0.3 is 0 Å². The van der Waals surface area contributed by atoms with E-state index in [1.165, 1.54) is 11.1 Å². The van der Waals surface area contributed by atoms with Crippen molar-refractivity contribution in [2.24, 2.45) is 0 Å². The Hall–Kier alpha value is -3.08. The summed E-state index contributed by atoms with van der Waals surface area (Å²) in [4.78, 5) is 12.0. The summed E-state index contributed by atoms with van der Waals surface area (Å²) in [5.41, 5.74) is 4.74. The minimum atomic E-state index is 0.617. The Labute approximate surface area is 173 Å². The van der Waals surface area contributed by atoms with Gasteiger partial charge in [-0.1, -0.05) is 48.0 Å². The van der Waals surface area contributed by atoms with Gasteiger partial charge in [-0.2, -0.15) is 9.97 Å². The Morgan fingerprint density at radius 2 is 1.52 bits per heavy atom. The monoisotopic (exact) mass is 387 g/mol. The number of hydrogen-bond donors (Lipinski definition) is 2. The first-order chi connectivity index (χ1) is 14.1. The molecular formula is C24H29N5. The first-order valence-electron chi connectivity index (χ1n) is 10.3. The van der Waals surface area contributed by atoms with Gasteiger partial charge in [0.1, 0.15) is 11.6 Å². The highest BCUT2D eigenvalue weighted by Gasteiger charge is 2.23. The summed E-state index contributed by atoms with van der Waals surface area (Å²) in [6.07, 6.45) is 2.24. The summed E-state index contributed by atoms with van der Waals surface area (Å²) in [7, 11) is 1.91. The van der Waals surface area contributed by atoms with Crippen molar-refractivity contribution in [3.05, 3.63) is 71.3 Å². The predicted octanol–water partition coefficient (Wildman–Crippen LogP) is 5.26. The summed E-state index contributed by atoms with van der Waals surface area (Å²) in [5, 5.41) is 6.70. The van der Waals surface area contributed by atoms with E-state index in [0.717, 1.165) is 54.8 Å². The molecule has 1 aliphatic heterocycles. The minimum absolute atomic E-state index is 0.617. The van der Waals surface area contributed by atoms with E-state index in [0.29, 0.717) is 5.92 Å². The van der Waals surface area contributed by atoms with Crippen LogP contribution in [0.1, 0.15) is 35.4 Å². The van der Waals surface area contributed by atoms with Gasteiger partial charge in [0.2, 0.25) is 5.95 Å². The van der Waals surface area contributed by atoms with E-state index in [1.807, 2.05) is 14.0 Å². The van der Waals surface area contributed by atoms with Crippen LogP contribution in [0.5, 0.6) is 0 Å². The molecule has 4 rings (SSSR count). The summed E-state index contributed by atoms with van der Waals surface area (Å²) < 4.78 is 0. The zero-order chi connectivity index (χ0) is 20.2. The zero-order valence-electron chi connectivity index (χ0n) is 17.4. The Morgan fingerprint density at radius 3 is 2.17 bits per heavy atom. The Kier molecular flexibility index (Phi) is 5.65. The summed E-state index contributed by atoms with van der Waals surface area (Å²) in [6.45, 7) is 6.08. The van der Waals surface area contributed by atoms with Crippen LogP contribution in [-0.2, 0) is 0 Å². The molecule has 150 valence electrons. The average molecular weight is 388 g/mol. The Balaban J connectivity index is 1.54. The fourth-order valence-electron chi connectivity index (χ4n) is 3.92. The molecule has 2 heterocycles. The molecule has 2 aromatic carbocycles. The number of benzene rings is 2. The maximum Gasteiger partial charge on any atom is 0.229 e. The van der Waals surface area contributed by atoms with Crippen LogP contribution in [-0.4, -0.2) is 30.1 Å². The second-order valence-electron chi connectivity index (χ2n) is 7.76. The predicted molar refractivity (Wildman–Crippen MR) is 121 cm³/mol. The van der Waals surface area contributed by atoms with E-state index in [-0.39, 0.29) is 0 Å². The third-order valence-corrected chi connectivity index (χ3v) is 5.73. The molecule has 0 aliphatic carbocycles. The lowest BCUT2D eigenvalue weighted by Crippen LogP contribution is -2.34. The SMILES string of the molecule is CNc1nc(N2CCC(c3ccccc3)CC2)nc(Nc2ccc(C)cc2)c1C. The molecule has 0 bridgehead atoms. The lowest BCUT2D eigenvalue weighted by atomic mass is 9.90. The molecule has 1 saturated heterocycles. The molecular weight excluding hydrogens is 358 g/mol. The molecule has 0 spiro atoms. The van der Waals surface area contributed by atoms with Crippen LogP contribution in [0.4, 0.5) is 23.3 Å². The summed E-state index contributed by atoms with van der Waals surface area (Å²) in [6, 6.07) is 19.2.